The number of benzene rings is 1. The molecule has 0 atom stereocenters. The van der Waals surface area contributed by atoms with Crippen LogP contribution in [-0.2, 0) is 13.6 Å². The highest BCUT2D eigenvalue weighted by Gasteiger charge is 2.17. The van der Waals surface area contributed by atoms with Crippen molar-refractivity contribution in [3.63, 3.8) is 0 Å². The van der Waals surface area contributed by atoms with Crippen LogP contribution in [0.2, 0.25) is 5.15 Å². The van der Waals surface area contributed by atoms with Gasteiger partial charge in [-0.1, -0.05) is 11.6 Å². The number of anilines is 2. The maximum atomic E-state index is 12.6. The van der Waals surface area contributed by atoms with Crippen LogP contribution < -0.4 is 11.0 Å². The van der Waals surface area contributed by atoms with Gasteiger partial charge in [0, 0.05) is 19.3 Å². The van der Waals surface area contributed by atoms with E-state index in [1.165, 1.54) is 6.33 Å². The highest BCUT2D eigenvalue weighted by atomic mass is 35.5. The topological polar surface area (TPSA) is 109 Å². The predicted molar refractivity (Wildman–Crippen MR) is 103 cm³/mol. The summed E-state index contributed by atoms with van der Waals surface area (Å²) in [6.45, 7) is 3.79. The zero-order valence-electron chi connectivity index (χ0n) is 15.2. The molecule has 1 aromatic carbocycles. The second-order valence-electron chi connectivity index (χ2n) is 6.88. The molecule has 27 heavy (non-hydrogen) atoms. The number of fused-ring (bicyclic) bond motifs is 1. The SMILES string of the molecule is Cn1c(=O)n(CCC(C)(C)O)c2cc(Nc3ncnc(Cl)c3C#N)ccc21. The van der Waals surface area contributed by atoms with Crippen LogP contribution in [0.25, 0.3) is 11.0 Å². The monoisotopic (exact) mass is 386 g/mol. The first-order valence-electron chi connectivity index (χ1n) is 8.30. The molecule has 3 rings (SSSR count). The Morgan fingerprint density at radius 2 is 2.07 bits per heavy atom. The molecule has 0 amide bonds. The fourth-order valence-corrected chi connectivity index (χ4v) is 2.96. The first-order chi connectivity index (χ1) is 12.7. The minimum absolute atomic E-state index is 0.0675. The van der Waals surface area contributed by atoms with Crippen LogP contribution in [-0.4, -0.2) is 29.8 Å². The lowest BCUT2D eigenvalue weighted by atomic mass is 10.1. The summed E-state index contributed by atoms with van der Waals surface area (Å²) in [7, 11) is 1.70. The molecule has 0 aliphatic heterocycles. The van der Waals surface area contributed by atoms with E-state index in [0.29, 0.717) is 18.7 Å². The number of imidazole rings is 1. The van der Waals surface area contributed by atoms with Gasteiger partial charge in [-0.05, 0) is 38.5 Å². The minimum Gasteiger partial charge on any atom is -0.390 e. The van der Waals surface area contributed by atoms with E-state index in [0.717, 1.165) is 11.0 Å². The highest BCUT2D eigenvalue weighted by molar-refractivity contribution is 6.30. The second kappa shape index (κ2) is 7.02. The van der Waals surface area contributed by atoms with E-state index in [1.807, 2.05) is 12.1 Å². The summed E-state index contributed by atoms with van der Waals surface area (Å²) in [5, 5.41) is 22.4. The molecular weight excluding hydrogens is 368 g/mol. The molecule has 0 saturated carbocycles. The number of rotatable bonds is 5. The fourth-order valence-electron chi connectivity index (χ4n) is 2.78. The third-order valence-electron chi connectivity index (χ3n) is 4.27. The van der Waals surface area contributed by atoms with Crippen molar-refractivity contribution in [3.05, 3.63) is 45.7 Å². The van der Waals surface area contributed by atoms with Crippen molar-refractivity contribution >= 4 is 34.1 Å². The molecule has 9 heteroatoms. The molecule has 0 aliphatic rings. The van der Waals surface area contributed by atoms with Crippen molar-refractivity contribution in [1.29, 1.82) is 5.26 Å². The molecule has 3 aromatic rings. The van der Waals surface area contributed by atoms with Crippen LogP contribution in [0, 0.1) is 11.3 Å². The zero-order chi connectivity index (χ0) is 19.8. The van der Waals surface area contributed by atoms with Gasteiger partial charge in [-0.15, -0.1) is 0 Å². The van der Waals surface area contributed by atoms with Gasteiger partial charge in [0.05, 0.1) is 16.6 Å². The van der Waals surface area contributed by atoms with Crippen molar-refractivity contribution in [2.45, 2.75) is 32.4 Å². The average Bonchev–Trinajstić information content (AvgIpc) is 2.83. The molecule has 0 fully saturated rings. The lowest BCUT2D eigenvalue weighted by molar-refractivity contribution is 0.0662. The standard InChI is InChI=1S/C18H19ClN6O2/c1-18(2,27)6-7-25-14-8-11(4-5-13(14)24(3)17(25)26)23-16-12(9-20)15(19)21-10-22-16/h4-5,8,10,27H,6-7H2,1-3H3,(H,21,22,23). The lowest BCUT2D eigenvalue weighted by Crippen LogP contribution is -2.27. The summed E-state index contributed by atoms with van der Waals surface area (Å²) in [4.78, 5) is 20.4. The maximum Gasteiger partial charge on any atom is 0.328 e. The number of aliphatic hydroxyl groups is 1. The number of halogens is 1. The third-order valence-corrected chi connectivity index (χ3v) is 4.55. The minimum atomic E-state index is -0.878. The van der Waals surface area contributed by atoms with E-state index in [9.17, 15) is 15.2 Å². The lowest BCUT2D eigenvalue weighted by Gasteiger charge is -2.17. The molecule has 0 spiro atoms. The normalized spacial score (nSPS) is 11.6. The number of nitrogens with one attached hydrogen (secondary N) is 1. The van der Waals surface area contributed by atoms with E-state index in [4.69, 9.17) is 11.6 Å². The predicted octanol–water partition coefficient (Wildman–Crippen LogP) is 2.56. The molecule has 0 aliphatic carbocycles. The Morgan fingerprint density at radius 3 is 2.74 bits per heavy atom. The summed E-state index contributed by atoms with van der Waals surface area (Å²) >= 11 is 5.94. The Kier molecular flexibility index (Phi) is 4.91. The van der Waals surface area contributed by atoms with Crippen LogP contribution >= 0.6 is 11.6 Å². The molecule has 2 heterocycles. The molecule has 0 unspecified atom stereocenters. The van der Waals surface area contributed by atoms with Gasteiger partial charge in [0.2, 0.25) is 0 Å². The second-order valence-corrected chi connectivity index (χ2v) is 7.24. The van der Waals surface area contributed by atoms with Crippen molar-refractivity contribution in [3.8, 4) is 6.07 Å². The van der Waals surface area contributed by atoms with Gasteiger partial charge < -0.3 is 10.4 Å². The molecule has 8 nitrogen and oxygen atoms in total. The van der Waals surface area contributed by atoms with Crippen molar-refractivity contribution in [2.75, 3.05) is 5.32 Å². The van der Waals surface area contributed by atoms with Gasteiger partial charge in [0.1, 0.15) is 18.0 Å². The van der Waals surface area contributed by atoms with Gasteiger partial charge in [0.25, 0.3) is 0 Å². The van der Waals surface area contributed by atoms with Crippen LogP contribution in [0.1, 0.15) is 25.8 Å². The summed E-state index contributed by atoms with van der Waals surface area (Å²) in [5.74, 6) is 0.290. The summed E-state index contributed by atoms with van der Waals surface area (Å²) in [6, 6.07) is 7.39. The third kappa shape index (κ3) is 3.79. The molecule has 2 N–H and O–H groups in total. The number of nitriles is 1. The van der Waals surface area contributed by atoms with Gasteiger partial charge in [-0.3, -0.25) is 9.13 Å². The number of aryl methyl sites for hydroxylation is 2. The van der Waals surface area contributed by atoms with E-state index in [2.05, 4.69) is 15.3 Å². The Hall–Kier alpha value is -2.89. The first-order valence-corrected chi connectivity index (χ1v) is 8.68. The van der Waals surface area contributed by atoms with Gasteiger partial charge in [-0.2, -0.15) is 5.26 Å². The zero-order valence-corrected chi connectivity index (χ0v) is 15.9. The van der Waals surface area contributed by atoms with E-state index >= 15 is 0 Å². The Labute approximate surface area is 160 Å². The number of hydrogen-bond acceptors (Lipinski definition) is 6. The first kappa shape index (κ1) is 18.9. The molecule has 2 aromatic heterocycles. The van der Waals surface area contributed by atoms with Crippen LogP contribution in [0.4, 0.5) is 11.5 Å². The van der Waals surface area contributed by atoms with E-state index in [1.54, 1.807) is 42.2 Å². The summed E-state index contributed by atoms with van der Waals surface area (Å²) < 4.78 is 3.18. The van der Waals surface area contributed by atoms with Crippen molar-refractivity contribution < 1.29 is 5.11 Å². The summed E-state index contributed by atoms with van der Waals surface area (Å²) in [5.41, 5.74) is 1.24. The maximum absolute atomic E-state index is 12.6. The van der Waals surface area contributed by atoms with Crippen LogP contribution in [0.5, 0.6) is 0 Å². The number of nitrogens with zero attached hydrogens (tertiary/aromatic N) is 5. The Balaban J connectivity index is 2.04. The average molecular weight is 387 g/mol. The molecule has 0 radical (unpaired) electrons. The van der Waals surface area contributed by atoms with Gasteiger partial charge >= 0.3 is 5.69 Å². The van der Waals surface area contributed by atoms with Crippen molar-refractivity contribution in [1.82, 2.24) is 19.1 Å². The Bertz CT molecular complexity index is 1100. The van der Waals surface area contributed by atoms with Crippen LogP contribution in [0.3, 0.4) is 0 Å². The molecule has 0 saturated heterocycles. The van der Waals surface area contributed by atoms with E-state index < -0.39 is 5.60 Å². The number of hydrogen-bond donors (Lipinski definition) is 2. The molecule has 0 bridgehead atoms. The molecule has 140 valence electrons. The fraction of sp³-hybridized carbons (Fsp3) is 0.333. The summed E-state index contributed by atoms with van der Waals surface area (Å²) in [6.07, 6.45) is 1.70. The van der Waals surface area contributed by atoms with Gasteiger partial charge in [-0.25, -0.2) is 14.8 Å². The highest BCUT2D eigenvalue weighted by Crippen LogP contribution is 2.25. The van der Waals surface area contributed by atoms with Crippen LogP contribution in [0.15, 0.2) is 29.3 Å². The number of aromatic nitrogens is 4. The Morgan fingerprint density at radius 1 is 1.33 bits per heavy atom. The quantitative estimate of drug-likeness (QED) is 0.652. The molecular formula is C18H19ClN6O2. The largest absolute Gasteiger partial charge is 0.390 e. The van der Waals surface area contributed by atoms with Crippen molar-refractivity contribution in [2.24, 2.45) is 7.05 Å². The smallest absolute Gasteiger partial charge is 0.328 e. The van der Waals surface area contributed by atoms with Gasteiger partial charge in [0.15, 0.2) is 11.0 Å². The van der Waals surface area contributed by atoms with E-state index in [-0.39, 0.29) is 22.2 Å².